The van der Waals surface area contributed by atoms with Crippen LogP contribution in [0.15, 0.2) is 93.8 Å². The quantitative estimate of drug-likeness (QED) is 0.175. The number of aryl methyl sites for hydroxylation is 1. The van der Waals surface area contributed by atoms with Crippen molar-refractivity contribution in [2.75, 3.05) is 12.4 Å². The predicted molar refractivity (Wildman–Crippen MR) is 160 cm³/mol. The lowest BCUT2D eigenvalue weighted by atomic mass is 10.1. The zero-order valence-electron chi connectivity index (χ0n) is 22.8. The van der Waals surface area contributed by atoms with Crippen LogP contribution in [0.5, 0.6) is 0 Å². The number of rotatable bonds is 12. The van der Waals surface area contributed by atoms with E-state index < -0.39 is 6.04 Å². The van der Waals surface area contributed by atoms with Crippen molar-refractivity contribution in [3.8, 4) is 11.5 Å². The zero-order valence-corrected chi connectivity index (χ0v) is 23.6. The number of aliphatic hydroxyl groups is 1. The van der Waals surface area contributed by atoms with Crippen LogP contribution in [0.2, 0.25) is 0 Å². The fourth-order valence-electron chi connectivity index (χ4n) is 4.71. The number of carbonyl (C=O) groups is 1. The number of hydrogen-bond donors (Lipinski definition) is 2. The molecule has 40 heavy (non-hydrogen) atoms. The highest BCUT2D eigenvalue weighted by Crippen LogP contribution is 2.28. The summed E-state index contributed by atoms with van der Waals surface area (Å²) < 4.78 is 12.1. The second-order valence-electron chi connectivity index (χ2n) is 9.87. The van der Waals surface area contributed by atoms with Gasteiger partial charge in [-0.1, -0.05) is 61.5 Å². The van der Waals surface area contributed by atoms with Gasteiger partial charge in [0.05, 0.1) is 30.0 Å². The van der Waals surface area contributed by atoms with Gasteiger partial charge in [0.1, 0.15) is 17.1 Å². The number of oxazole rings is 1. The van der Waals surface area contributed by atoms with E-state index in [1.54, 1.807) is 11.8 Å². The number of hydrogen-bond acceptors (Lipinski definition) is 6. The largest absolute Gasteiger partial charge is 0.461 e. The van der Waals surface area contributed by atoms with Gasteiger partial charge in [0.2, 0.25) is 11.8 Å². The third kappa shape index (κ3) is 6.66. The maximum Gasteiger partial charge on any atom is 0.234 e. The van der Waals surface area contributed by atoms with Crippen molar-refractivity contribution in [1.82, 2.24) is 10.3 Å². The van der Waals surface area contributed by atoms with Gasteiger partial charge in [0.15, 0.2) is 0 Å². The predicted octanol–water partition coefficient (Wildman–Crippen LogP) is 6.89. The van der Waals surface area contributed by atoms with Gasteiger partial charge in [-0.25, -0.2) is 4.98 Å². The standard InChI is InChI=1S/C33H34N2O4S/c1-3-16-40-31(32(37)34-29(21-36)24-10-6-4-7-11-24)18-23-14-15-30-26(17-23)19-27(39-30)20-28-22(2)38-33(35-28)25-12-8-5-9-13-25/h4-15,17,19,29,31,36H,3,16,18,20-21H2,1-2H3,(H,34,37)/t29-,31-/m0/s1. The Labute approximate surface area is 238 Å². The molecule has 0 aliphatic heterocycles. The summed E-state index contributed by atoms with van der Waals surface area (Å²) in [7, 11) is 0. The van der Waals surface area contributed by atoms with Gasteiger partial charge in [-0.15, -0.1) is 11.8 Å². The first-order valence-corrected chi connectivity index (χ1v) is 14.7. The maximum atomic E-state index is 13.3. The zero-order chi connectivity index (χ0) is 27.9. The average molecular weight is 555 g/mol. The number of furan rings is 1. The third-order valence-corrected chi connectivity index (χ3v) is 8.25. The summed E-state index contributed by atoms with van der Waals surface area (Å²) >= 11 is 1.65. The molecule has 1 amide bonds. The topological polar surface area (TPSA) is 88.5 Å². The molecular formula is C33H34N2O4S. The van der Waals surface area contributed by atoms with Gasteiger partial charge in [-0.05, 0) is 67.0 Å². The van der Waals surface area contributed by atoms with E-state index in [1.165, 1.54) is 0 Å². The van der Waals surface area contributed by atoms with E-state index >= 15 is 0 Å². The van der Waals surface area contributed by atoms with Crippen LogP contribution in [-0.2, 0) is 17.6 Å². The Morgan fingerprint density at radius 1 is 1.00 bits per heavy atom. The molecule has 2 atom stereocenters. The van der Waals surface area contributed by atoms with Crippen molar-refractivity contribution in [2.45, 2.75) is 44.4 Å². The van der Waals surface area contributed by atoms with Crippen LogP contribution < -0.4 is 5.32 Å². The minimum Gasteiger partial charge on any atom is -0.461 e. The summed E-state index contributed by atoms with van der Waals surface area (Å²) in [6.45, 7) is 3.89. The van der Waals surface area contributed by atoms with Crippen LogP contribution in [0, 0.1) is 6.92 Å². The van der Waals surface area contributed by atoms with Gasteiger partial charge in [-0.2, -0.15) is 0 Å². The number of fused-ring (bicyclic) bond motifs is 1. The van der Waals surface area contributed by atoms with Gasteiger partial charge in [-0.3, -0.25) is 4.79 Å². The molecule has 0 fully saturated rings. The summed E-state index contributed by atoms with van der Waals surface area (Å²) in [5.41, 5.74) is 4.55. The van der Waals surface area contributed by atoms with Gasteiger partial charge in [0, 0.05) is 10.9 Å². The van der Waals surface area contributed by atoms with Crippen LogP contribution in [0.4, 0.5) is 0 Å². The summed E-state index contributed by atoms with van der Waals surface area (Å²) in [4.78, 5) is 18.0. The average Bonchev–Trinajstić information content (AvgIpc) is 3.56. The van der Waals surface area contributed by atoms with Crippen LogP contribution in [-0.4, -0.2) is 33.6 Å². The second kappa shape index (κ2) is 13.0. The van der Waals surface area contributed by atoms with E-state index in [4.69, 9.17) is 13.8 Å². The Morgan fingerprint density at radius 3 is 2.48 bits per heavy atom. The van der Waals surface area contributed by atoms with Gasteiger partial charge < -0.3 is 19.3 Å². The first kappa shape index (κ1) is 27.7. The number of thioether (sulfide) groups is 1. The van der Waals surface area contributed by atoms with Crippen LogP contribution in [0.3, 0.4) is 0 Å². The summed E-state index contributed by atoms with van der Waals surface area (Å²) in [6, 6.07) is 27.2. The first-order valence-electron chi connectivity index (χ1n) is 13.6. The first-order chi connectivity index (χ1) is 19.5. The molecular weight excluding hydrogens is 520 g/mol. The molecule has 0 bridgehead atoms. The molecule has 0 unspecified atom stereocenters. The monoisotopic (exact) mass is 554 g/mol. The van der Waals surface area contributed by atoms with E-state index in [2.05, 4.69) is 18.3 Å². The highest BCUT2D eigenvalue weighted by atomic mass is 32.2. The molecule has 0 radical (unpaired) electrons. The Kier molecular flexibility index (Phi) is 9.04. The molecule has 2 heterocycles. The van der Waals surface area contributed by atoms with Crippen LogP contribution >= 0.6 is 11.8 Å². The lowest BCUT2D eigenvalue weighted by Crippen LogP contribution is -2.38. The van der Waals surface area contributed by atoms with Gasteiger partial charge >= 0.3 is 0 Å². The van der Waals surface area contributed by atoms with E-state index in [1.807, 2.05) is 85.8 Å². The summed E-state index contributed by atoms with van der Waals surface area (Å²) in [5.74, 6) is 3.01. The van der Waals surface area contributed by atoms with Gasteiger partial charge in [0.25, 0.3) is 0 Å². The molecule has 6 nitrogen and oxygen atoms in total. The molecule has 5 rings (SSSR count). The van der Waals surface area contributed by atoms with Crippen molar-refractivity contribution in [3.05, 3.63) is 113 Å². The Balaban J connectivity index is 1.30. The van der Waals surface area contributed by atoms with Crippen LogP contribution in [0.1, 0.15) is 47.7 Å². The van der Waals surface area contributed by atoms with E-state index in [9.17, 15) is 9.90 Å². The molecule has 0 saturated heterocycles. The molecule has 0 aliphatic carbocycles. The highest BCUT2D eigenvalue weighted by Gasteiger charge is 2.23. The Hall–Kier alpha value is -3.81. The van der Waals surface area contributed by atoms with Crippen molar-refractivity contribution < 1.29 is 18.7 Å². The lowest BCUT2D eigenvalue weighted by Gasteiger charge is -2.22. The van der Waals surface area contributed by atoms with Crippen molar-refractivity contribution in [1.29, 1.82) is 0 Å². The molecule has 3 aromatic carbocycles. The normalized spacial score (nSPS) is 12.9. The molecule has 0 saturated carbocycles. The Morgan fingerprint density at radius 2 is 1.75 bits per heavy atom. The minimum atomic E-state index is -0.431. The molecule has 2 aromatic heterocycles. The molecule has 2 N–H and O–H groups in total. The van der Waals surface area contributed by atoms with Crippen molar-refractivity contribution >= 4 is 28.6 Å². The number of carbonyl (C=O) groups excluding carboxylic acids is 1. The van der Waals surface area contributed by atoms with Crippen molar-refractivity contribution in [2.24, 2.45) is 0 Å². The number of benzene rings is 3. The van der Waals surface area contributed by atoms with E-state index in [0.29, 0.717) is 18.7 Å². The number of aliphatic hydroxyl groups excluding tert-OH is 1. The number of amides is 1. The third-order valence-electron chi connectivity index (χ3n) is 6.82. The molecule has 7 heteroatoms. The molecule has 0 aliphatic rings. The summed E-state index contributed by atoms with van der Waals surface area (Å²) in [6.07, 6.45) is 2.10. The smallest absolute Gasteiger partial charge is 0.234 e. The second-order valence-corrected chi connectivity index (χ2v) is 11.2. The maximum absolute atomic E-state index is 13.3. The fourth-order valence-corrected chi connectivity index (χ4v) is 5.76. The highest BCUT2D eigenvalue weighted by molar-refractivity contribution is 8.00. The number of nitrogens with zero attached hydrogens (tertiary/aromatic N) is 1. The molecule has 206 valence electrons. The number of aromatic nitrogens is 1. The van der Waals surface area contributed by atoms with Crippen molar-refractivity contribution in [3.63, 3.8) is 0 Å². The van der Waals surface area contributed by atoms with E-state index in [0.717, 1.165) is 57.0 Å². The molecule has 5 aromatic rings. The fraction of sp³-hybridized carbons (Fsp3) is 0.273. The summed E-state index contributed by atoms with van der Waals surface area (Å²) in [5, 5.41) is 13.7. The van der Waals surface area contributed by atoms with Crippen LogP contribution in [0.25, 0.3) is 22.4 Å². The van der Waals surface area contributed by atoms with E-state index in [-0.39, 0.29) is 17.8 Å². The number of nitrogens with one attached hydrogen (secondary N) is 1. The SMILES string of the molecule is CCCS[C@@H](Cc1ccc2oc(Cc3nc(-c4ccccc4)oc3C)cc2c1)C(=O)N[C@@H](CO)c1ccccc1. The lowest BCUT2D eigenvalue weighted by molar-refractivity contribution is -0.121. The minimum absolute atomic E-state index is 0.0648. The Bertz CT molecular complexity index is 1550. The molecule has 0 spiro atoms.